The van der Waals surface area contributed by atoms with E-state index in [0.717, 1.165) is 19.5 Å². The topological polar surface area (TPSA) is 80.1 Å². The van der Waals surface area contributed by atoms with Crippen LogP contribution in [0.15, 0.2) is 22.8 Å². The van der Waals surface area contributed by atoms with Crippen molar-refractivity contribution >= 4 is 17.8 Å². The first kappa shape index (κ1) is 19.5. The van der Waals surface area contributed by atoms with Gasteiger partial charge in [0.2, 0.25) is 0 Å². The molecule has 2 fully saturated rings. The zero-order valence-corrected chi connectivity index (χ0v) is 16.1. The average molecular weight is 376 g/mol. The molecular weight excluding hydrogens is 348 g/mol. The molecule has 0 spiro atoms. The summed E-state index contributed by atoms with van der Waals surface area (Å²) in [6.45, 7) is 6.51. The van der Waals surface area contributed by atoms with E-state index in [1.807, 2.05) is 0 Å². The fourth-order valence-corrected chi connectivity index (χ4v) is 4.08. The van der Waals surface area contributed by atoms with E-state index < -0.39 is 0 Å². The number of ether oxygens (including phenoxy) is 1. The van der Waals surface area contributed by atoms with E-state index in [-0.39, 0.29) is 30.3 Å². The second-order valence-corrected chi connectivity index (χ2v) is 7.90. The molecule has 0 aromatic carbocycles. The standard InChI is InChI=1S/C20H28N2O5/c1-14-10-15(2)12-22(11-14)18(23)13-27-20(25)16-5-7-21(8-6-16)19(24)17-4-3-9-26-17/h3-4,9,14-16H,5-8,10-13H2,1-2H3. The SMILES string of the molecule is CC1CC(C)CN(C(=O)COC(=O)C2CCN(C(=O)c3ccco3)CC2)C1. The molecule has 7 heteroatoms. The highest BCUT2D eigenvalue weighted by molar-refractivity contribution is 5.91. The maximum absolute atomic E-state index is 12.3. The number of hydrogen-bond donors (Lipinski definition) is 0. The molecule has 148 valence electrons. The molecule has 2 aliphatic heterocycles. The summed E-state index contributed by atoms with van der Waals surface area (Å²) in [4.78, 5) is 40.4. The van der Waals surface area contributed by atoms with Gasteiger partial charge in [-0.05, 0) is 43.2 Å². The zero-order chi connectivity index (χ0) is 19.4. The molecule has 7 nitrogen and oxygen atoms in total. The van der Waals surface area contributed by atoms with Crippen molar-refractivity contribution in [1.82, 2.24) is 9.80 Å². The van der Waals surface area contributed by atoms with Crippen molar-refractivity contribution in [2.24, 2.45) is 17.8 Å². The first-order chi connectivity index (χ1) is 12.9. The average Bonchev–Trinajstić information content (AvgIpc) is 3.19. The Kier molecular flexibility index (Phi) is 6.19. The predicted molar refractivity (Wildman–Crippen MR) is 97.8 cm³/mol. The third kappa shape index (κ3) is 4.90. The van der Waals surface area contributed by atoms with Crippen LogP contribution < -0.4 is 0 Å². The minimum absolute atomic E-state index is 0.118. The lowest BCUT2D eigenvalue weighted by molar-refractivity contribution is -0.157. The highest BCUT2D eigenvalue weighted by Crippen LogP contribution is 2.22. The van der Waals surface area contributed by atoms with Gasteiger partial charge in [0.05, 0.1) is 12.2 Å². The molecule has 27 heavy (non-hydrogen) atoms. The molecule has 2 saturated heterocycles. The number of furan rings is 1. The maximum Gasteiger partial charge on any atom is 0.309 e. The lowest BCUT2D eigenvalue weighted by Gasteiger charge is -2.35. The summed E-state index contributed by atoms with van der Waals surface area (Å²) >= 11 is 0. The molecule has 1 aromatic heterocycles. The summed E-state index contributed by atoms with van der Waals surface area (Å²) in [7, 11) is 0. The summed E-state index contributed by atoms with van der Waals surface area (Å²) in [5.41, 5.74) is 0. The van der Waals surface area contributed by atoms with Gasteiger partial charge in [-0.3, -0.25) is 14.4 Å². The van der Waals surface area contributed by atoms with E-state index in [4.69, 9.17) is 9.15 Å². The Balaban J connectivity index is 1.42. The van der Waals surface area contributed by atoms with Crippen molar-refractivity contribution in [3.05, 3.63) is 24.2 Å². The number of esters is 1. The molecule has 0 saturated carbocycles. The number of amides is 2. The Bertz CT molecular complexity index is 654. The number of nitrogens with zero attached hydrogens (tertiary/aromatic N) is 2. The van der Waals surface area contributed by atoms with E-state index in [9.17, 15) is 14.4 Å². The minimum atomic E-state index is -0.341. The van der Waals surface area contributed by atoms with Gasteiger partial charge in [-0.1, -0.05) is 13.8 Å². The van der Waals surface area contributed by atoms with Gasteiger partial charge < -0.3 is 19.0 Å². The zero-order valence-electron chi connectivity index (χ0n) is 16.1. The van der Waals surface area contributed by atoms with Crippen LogP contribution in [0.4, 0.5) is 0 Å². The van der Waals surface area contributed by atoms with Crippen molar-refractivity contribution in [1.29, 1.82) is 0 Å². The van der Waals surface area contributed by atoms with Crippen LogP contribution in [0.1, 0.15) is 43.7 Å². The van der Waals surface area contributed by atoms with Crippen molar-refractivity contribution in [2.75, 3.05) is 32.8 Å². The molecule has 3 rings (SSSR count). The molecule has 2 atom stereocenters. The van der Waals surface area contributed by atoms with Gasteiger partial charge in [0, 0.05) is 26.2 Å². The van der Waals surface area contributed by atoms with E-state index >= 15 is 0 Å². The Morgan fingerprint density at radius 2 is 1.78 bits per heavy atom. The van der Waals surface area contributed by atoms with Crippen molar-refractivity contribution < 1.29 is 23.5 Å². The van der Waals surface area contributed by atoms with Crippen LogP contribution in [0, 0.1) is 17.8 Å². The van der Waals surface area contributed by atoms with E-state index in [0.29, 0.717) is 43.5 Å². The molecule has 2 unspecified atom stereocenters. The van der Waals surface area contributed by atoms with Gasteiger partial charge in [0.25, 0.3) is 11.8 Å². The second kappa shape index (κ2) is 8.59. The van der Waals surface area contributed by atoms with Gasteiger partial charge >= 0.3 is 5.97 Å². The van der Waals surface area contributed by atoms with Crippen LogP contribution in [0.3, 0.4) is 0 Å². The Morgan fingerprint density at radius 3 is 2.37 bits per heavy atom. The molecule has 0 N–H and O–H groups in total. The number of carbonyl (C=O) groups excluding carboxylic acids is 3. The third-order valence-corrected chi connectivity index (χ3v) is 5.41. The van der Waals surface area contributed by atoms with Crippen LogP contribution in [0.2, 0.25) is 0 Å². The van der Waals surface area contributed by atoms with Gasteiger partial charge in [-0.15, -0.1) is 0 Å². The molecule has 2 aliphatic rings. The fourth-order valence-electron chi connectivity index (χ4n) is 4.08. The smallest absolute Gasteiger partial charge is 0.309 e. The Hall–Kier alpha value is -2.31. The highest BCUT2D eigenvalue weighted by atomic mass is 16.5. The molecule has 0 radical (unpaired) electrons. The highest BCUT2D eigenvalue weighted by Gasteiger charge is 2.31. The van der Waals surface area contributed by atoms with Gasteiger partial charge in [-0.2, -0.15) is 0 Å². The summed E-state index contributed by atoms with van der Waals surface area (Å²) in [6, 6.07) is 3.31. The summed E-state index contributed by atoms with van der Waals surface area (Å²) in [6.07, 6.45) is 3.67. The van der Waals surface area contributed by atoms with Crippen LogP contribution in [-0.4, -0.2) is 60.4 Å². The van der Waals surface area contributed by atoms with E-state index in [2.05, 4.69) is 13.8 Å². The molecule has 0 bridgehead atoms. The van der Waals surface area contributed by atoms with E-state index in [1.165, 1.54) is 6.26 Å². The van der Waals surface area contributed by atoms with Crippen molar-refractivity contribution in [2.45, 2.75) is 33.1 Å². The molecule has 2 amide bonds. The van der Waals surface area contributed by atoms with Crippen LogP contribution >= 0.6 is 0 Å². The van der Waals surface area contributed by atoms with Crippen LogP contribution in [0.25, 0.3) is 0 Å². The van der Waals surface area contributed by atoms with Crippen LogP contribution in [-0.2, 0) is 14.3 Å². The Morgan fingerprint density at radius 1 is 1.11 bits per heavy atom. The van der Waals surface area contributed by atoms with Crippen molar-refractivity contribution in [3.8, 4) is 0 Å². The molecule has 3 heterocycles. The summed E-state index contributed by atoms with van der Waals surface area (Å²) in [5.74, 6) is 0.382. The number of rotatable bonds is 4. The van der Waals surface area contributed by atoms with Crippen molar-refractivity contribution in [3.63, 3.8) is 0 Å². The van der Waals surface area contributed by atoms with Gasteiger partial charge in [0.1, 0.15) is 0 Å². The maximum atomic E-state index is 12.3. The lowest BCUT2D eigenvalue weighted by Crippen LogP contribution is -2.45. The normalized spacial score (nSPS) is 23.9. The second-order valence-electron chi connectivity index (χ2n) is 7.90. The predicted octanol–water partition coefficient (Wildman–Crippen LogP) is 2.18. The number of piperidine rings is 2. The fraction of sp³-hybridized carbons (Fsp3) is 0.650. The van der Waals surface area contributed by atoms with Gasteiger partial charge in [0.15, 0.2) is 12.4 Å². The molecule has 1 aromatic rings. The summed E-state index contributed by atoms with van der Waals surface area (Å²) in [5, 5.41) is 0. The quantitative estimate of drug-likeness (QED) is 0.753. The number of carbonyl (C=O) groups is 3. The van der Waals surface area contributed by atoms with Gasteiger partial charge in [-0.25, -0.2) is 0 Å². The van der Waals surface area contributed by atoms with Crippen LogP contribution in [0.5, 0.6) is 0 Å². The lowest BCUT2D eigenvalue weighted by atomic mass is 9.92. The first-order valence-electron chi connectivity index (χ1n) is 9.71. The minimum Gasteiger partial charge on any atom is -0.459 e. The number of likely N-dealkylation sites (tertiary alicyclic amines) is 2. The Labute approximate surface area is 159 Å². The first-order valence-corrected chi connectivity index (χ1v) is 9.71. The monoisotopic (exact) mass is 376 g/mol. The summed E-state index contributed by atoms with van der Waals surface area (Å²) < 4.78 is 10.4. The third-order valence-electron chi connectivity index (χ3n) is 5.41. The largest absolute Gasteiger partial charge is 0.459 e. The molecular formula is C20H28N2O5. The molecule has 0 aliphatic carbocycles. The van der Waals surface area contributed by atoms with E-state index in [1.54, 1.807) is 21.9 Å². The number of hydrogen-bond acceptors (Lipinski definition) is 5.